The average Bonchev–Trinajstić information content (AvgIpc) is 3.09. The van der Waals surface area contributed by atoms with Gasteiger partial charge in [-0.1, -0.05) is 24.3 Å². The molecule has 0 fully saturated rings. The summed E-state index contributed by atoms with van der Waals surface area (Å²) in [5.41, 5.74) is 0.532. The molecule has 2 aromatic heterocycles. The van der Waals surface area contributed by atoms with E-state index in [1.807, 2.05) is 6.07 Å². The molecule has 1 amide bonds. The van der Waals surface area contributed by atoms with Crippen molar-refractivity contribution in [2.75, 3.05) is 6.54 Å². The number of nitrogens with one attached hydrogen (secondary N) is 1. The molecule has 0 aliphatic rings. The fourth-order valence-electron chi connectivity index (χ4n) is 3.15. The molecule has 2 heterocycles. The van der Waals surface area contributed by atoms with Gasteiger partial charge in [-0.05, 0) is 36.2 Å². The Labute approximate surface area is 167 Å². The van der Waals surface area contributed by atoms with Crippen LogP contribution >= 0.6 is 0 Å². The fourth-order valence-corrected chi connectivity index (χ4v) is 3.15. The Morgan fingerprint density at radius 1 is 1.10 bits per heavy atom. The highest BCUT2D eigenvalue weighted by molar-refractivity contribution is 6.01. The van der Waals surface area contributed by atoms with Crippen LogP contribution in [0.5, 0.6) is 0 Å². The molecular formula is C21H16F3N3O3. The van der Waals surface area contributed by atoms with Crippen molar-refractivity contribution in [2.24, 2.45) is 0 Å². The van der Waals surface area contributed by atoms with Crippen LogP contribution in [0.25, 0.3) is 22.1 Å². The van der Waals surface area contributed by atoms with Crippen LogP contribution < -0.4 is 10.9 Å². The van der Waals surface area contributed by atoms with Crippen LogP contribution in [0.4, 0.5) is 13.2 Å². The lowest BCUT2D eigenvalue weighted by Gasteiger charge is -2.09. The maximum absolute atomic E-state index is 12.6. The van der Waals surface area contributed by atoms with Gasteiger partial charge in [0, 0.05) is 11.9 Å². The standard InChI is InChI=1S/C21H16F3N3O3/c22-21(23,24)14-7-5-13(6-8-14)9-10-25-17(28)11-27-12-26-18-15-3-1-2-4-16(15)30-19(18)20(27)29/h1-8,12H,9-11H2,(H,25,28). The SMILES string of the molecule is O=C(Cn1cnc2c(oc3ccccc32)c1=O)NCCc1ccc(C(F)(F)F)cc1. The van der Waals surface area contributed by atoms with E-state index in [0.717, 1.165) is 22.1 Å². The number of carbonyl (C=O) groups excluding carboxylic acids is 1. The Hall–Kier alpha value is -3.62. The molecule has 0 unspecified atom stereocenters. The van der Waals surface area contributed by atoms with Crippen LogP contribution in [-0.2, 0) is 23.9 Å². The Morgan fingerprint density at radius 3 is 2.57 bits per heavy atom. The topological polar surface area (TPSA) is 77.1 Å². The van der Waals surface area contributed by atoms with Gasteiger partial charge in [0.15, 0.2) is 0 Å². The van der Waals surface area contributed by atoms with Gasteiger partial charge in [0.2, 0.25) is 11.5 Å². The van der Waals surface area contributed by atoms with E-state index in [1.54, 1.807) is 18.2 Å². The minimum Gasteiger partial charge on any atom is -0.448 e. The highest BCUT2D eigenvalue weighted by Gasteiger charge is 2.29. The predicted molar refractivity (Wildman–Crippen MR) is 104 cm³/mol. The van der Waals surface area contributed by atoms with E-state index >= 15 is 0 Å². The number of amides is 1. The number of para-hydroxylation sites is 1. The molecule has 1 N–H and O–H groups in total. The first-order chi connectivity index (χ1) is 14.3. The lowest BCUT2D eigenvalue weighted by atomic mass is 10.1. The second-order valence-electron chi connectivity index (χ2n) is 6.75. The van der Waals surface area contributed by atoms with Crippen LogP contribution in [0, 0.1) is 0 Å². The van der Waals surface area contributed by atoms with Crippen LogP contribution in [0.2, 0.25) is 0 Å². The summed E-state index contributed by atoms with van der Waals surface area (Å²) in [6.07, 6.45) is -2.73. The molecule has 0 spiro atoms. The molecule has 4 aromatic rings. The van der Waals surface area contributed by atoms with Crippen molar-refractivity contribution < 1.29 is 22.4 Å². The highest BCUT2D eigenvalue weighted by atomic mass is 19.4. The summed E-state index contributed by atoms with van der Waals surface area (Å²) in [4.78, 5) is 29.0. The molecule has 0 saturated heterocycles. The molecule has 0 atom stereocenters. The van der Waals surface area contributed by atoms with E-state index < -0.39 is 23.2 Å². The van der Waals surface area contributed by atoms with Gasteiger partial charge in [-0.2, -0.15) is 13.2 Å². The Morgan fingerprint density at radius 2 is 1.83 bits per heavy atom. The summed E-state index contributed by atoms with van der Waals surface area (Å²) in [7, 11) is 0. The summed E-state index contributed by atoms with van der Waals surface area (Å²) >= 11 is 0. The summed E-state index contributed by atoms with van der Waals surface area (Å²) in [5.74, 6) is -0.415. The molecule has 0 bridgehead atoms. The molecule has 9 heteroatoms. The third-order valence-electron chi connectivity index (χ3n) is 4.68. The molecule has 4 rings (SSSR count). The Balaban J connectivity index is 1.39. The van der Waals surface area contributed by atoms with Crippen molar-refractivity contribution in [1.82, 2.24) is 14.9 Å². The minimum absolute atomic E-state index is 0.0799. The molecule has 154 valence electrons. The summed E-state index contributed by atoms with van der Waals surface area (Å²) in [6.45, 7) is -0.0227. The van der Waals surface area contributed by atoms with Gasteiger partial charge in [-0.3, -0.25) is 14.2 Å². The number of carbonyl (C=O) groups is 1. The maximum Gasteiger partial charge on any atom is 0.416 e. The zero-order chi connectivity index (χ0) is 21.3. The van der Waals surface area contributed by atoms with Gasteiger partial charge < -0.3 is 9.73 Å². The van der Waals surface area contributed by atoms with Crippen LogP contribution in [0.3, 0.4) is 0 Å². The van der Waals surface area contributed by atoms with E-state index in [1.165, 1.54) is 18.5 Å². The van der Waals surface area contributed by atoms with Gasteiger partial charge in [0.1, 0.15) is 17.6 Å². The first-order valence-corrected chi connectivity index (χ1v) is 9.12. The molecule has 6 nitrogen and oxygen atoms in total. The molecule has 0 aliphatic carbocycles. The second kappa shape index (κ2) is 7.66. The third kappa shape index (κ3) is 3.91. The number of nitrogens with zero attached hydrogens (tertiary/aromatic N) is 2. The molecule has 0 aliphatic heterocycles. The van der Waals surface area contributed by atoms with Gasteiger partial charge in [0.05, 0.1) is 11.9 Å². The highest BCUT2D eigenvalue weighted by Crippen LogP contribution is 2.29. The van der Waals surface area contributed by atoms with Crippen molar-refractivity contribution in [3.05, 3.63) is 76.3 Å². The van der Waals surface area contributed by atoms with E-state index in [-0.39, 0.29) is 18.7 Å². The number of benzene rings is 2. The molecule has 0 saturated carbocycles. The van der Waals surface area contributed by atoms with Crippen LogP contribution in [0.1, 0.15) is 11.1 Å². The lowest BCUT2D eigenvalue weighted by molar-refractivity contribution is -0.137. The number of hydrogen-bond donors (Lipinski definition) is 1. The molecular weight excluding hydrogens is 399 g/mol. The number of aromatic nitrogens is 2. The Kier molecular flexibility index (Phi) is 5.03. The summed E-state index contributed by atoms with van der Waals surface area (Å²) < 4.78 is 44.5. The number of alkyl halides is 3. The predicted octanol–water partition coefficient (Wildman–Crippen LogP) is 3.52. The van der Waals surface area contributed by atoms with E-state index in [2.05, 4.69) is 10.3 Å². The monoisotopic (exact) mass is 415 g/mol. The van der Waals surface area contributed by atoms with E-state index in [0.29, 0.717) is 23.1 Å². The van der Waals surface area contributed by atoms with E-state index in [4.69, 9.17) is 4.42 Å². The minimum atomic E-state index is -4.38. The van der Waals surface area contributed by atoms with Crippen molar-refractivity contribution in [3.63, 3.8) is 0 Å². The number of halogens is 3. The zero-order valence-corrected chi connectivity index (χ0v) is 15.6. The number of rotatable bonds is 5. The first-order valence-electron chi connectivity index (χ1n) is 9.12. The third-order valence-corrected chi connectivity index (χ3v) is 4.68. The Bertz CT molecular complexity index is 1270. The number of fused-ring (bicyclic) bond motifs is 3. The summed E-state index contributed by atoms with van der Waals surface area (Å²) in [6, 6.07) is 11.9. The van der Waals surface area contributed by atoms with Crippen molar-refractivity contribution >= 4 is 28.0 Å². The molecule has 30 heavy (non-hydrogen) atoms. The first kappa shape index (κ1) is 19.7. The van der Waals surface area contributed by atoms with Gasteiger partial charge in [-0.15, -0.1) is 0 Å². The van der Waals surface area contributed by atoms with Crippen LogP contribution in [0.15, 0.2) is 64.1 Å². The number of furan rings is 1. The normalized spacial score (nSPS) is 11.8. The largest absolute Gasteiger partial charge is 0.448 e. The zero-order valence-electron chi connectivity index (χ0n) is 15.6. The van der Waals surface area contributed by atoms with Gasteiger partial charge >= 0.3 is 6.18 Å². The van der Waals surface area contributed by atoms with Gasteiger partial charge in [-0.25, -0.2) is 4.98 Å². The molecule has 2 aromatic carbocycles. The maximum atomic E-state index is 12.6. The van der Waals surface area contributed by atoms with Crippen molar-refractivity contribution in [3.8, 4) is 0 Å². The summed E-state index contributed by atoms with van der Waals surface area (Å²) in [5, 5.41) is 3.37. The fraction of sp³-hybridized carbons (Fsp3) is 0.190. The van der Waals surface area contributed by atoms with Crippen molar-refractivity contribution in [2.45, 2.75) is 19.1 Å². The smallest absolute Gasteiger partial charge is 0.416 e. The van der Waals surface area contributed by atoms with Gasteiger partial charge in [0.25, 0.3) is 5.56 Å². The second-order valence-corrected chi connectivity index (χ2v) is 6.75. The quantitative estimate of drug-likeness (QED) is 0.541. The lowest BCUT2D eigenvalue weighted by Crippen LogP contribution is -2.33. The number of hydrogen-bond acceptors (Lipinski definition) is 4. The average molecular weight is 415 g/mol. The van der Waals surface area contributed by atoms with Crippen LogP contribution in [-0.4, -0.2) is 22.0 Å². The van der Waals surface area contributed by atoms with E-state index in [9.17, 15) is 22.8 Å². The van der Waals surface area contributed by atoms with Crippen molar-refractivity contribution in [1.29, 1.82) is 0 Å². The molecule has 0 radical (unpaired) electrons.